The van der Waals surface area contributed by atoms with Crippen molar-refractivity contribution in [3.05, 3.63) is 0 Å². The zero-order valence-corrected chi connectivity index (χ0v) is 6.46. The van der Waals surface area contributed by atoms with Gasteiger partial charge in [0, 0.05) is 13.0 Å². The third kappa shape index (κ3) is 1.99. The van der Waals surface area contributed by atoms with Gasteiger partial charge >= 0.3 is 0 Å². The molecule has 1 unspecified atom stereocenters. The number of hydrogen-bond acceptors (Lipinski definition) is 3. The maximum atomic E-state index is 5.17. The lowest BCUT2D eigenvalue weighted by Gasteiger charge is -2.06. The maximum absolute atomic E-state index is 5.17. The van der Waals surface area contributed by atoms with Crippen LogP contribution in [0.25, 0.3) is 0 Å². The van der Waals surface area contributed by atoms with E-state index in [1.165, 1.54) is 0 Å². The molecule has 10 heavy (non-hydrogen) atoms. The molecule has 0 N–H and O–H groups in total. The van der Waals surface area contributed by atoms with Gasteiger partial charge in [0.1, 0.15) is 0 Å². The summed E-state index contributed by atoms with van der Waals surface area (Å²) in [5.41, 5.74) is 1.06. The van der Waals surface area contributed by atoms with Gasteiger partial charge in [-0.15, -0.1) is 0 Å². The van der Waals surface area contributed by atoms with Gasteiger partial charge in [0.15, 0.2) is 6.10 Å². The molecule has 1 heterocycles. The van der Waals surface area contributed by atoms with Gasteiger partial charge < -0.3 is 9.57 Å². The molecule has 0 aromatic carbocycles. The monoisotopic (exact) mass is 143 g/mol. The van der Waals surface area contributed by atoms with Crippen LogP contribution >= 0.6 is 0 Å². The summed E-state index contributed by atoms with van der Waals surface area (Å²) >= 11 is 0. The van der Waals surface area contributed by atoms with Crippen LogP contribution in [0.2, 0.25) is 0 Å². The van der Waals surface area contributed by atoms with Crippen molar-refractivity contribution in [3.63, 3.8) is 0 Å². The predicted molar refractivity (Wildman–Crippen MR) is 39.1 cm³/mol. The van der Waals surface area contributed by atoms with Crippen LogP contribution in [0.4, 0.5) is 0 Å². The standard InChI is InChI=1S/C7H13NO2/c1-3-9-5-7-4-6(2)8-10-7/h7H,3-5H2,1-2H3. The largest absolute Gasteiger partial charge is 0.390 e. The van der Waals surface area contributed by atoms with Crippen molar-refractivity contribution in [3.8, 4) is 0 Å². The van der Waals surface area contributed by atoms with Crippen molar-refractivity contribution < 1.29 is 9.57 Å². The van der Waals surface area contributed by atoms with Crippen LogP contribution in [-0.4, -0.2) is 25.0 Å². The average molecular weight is 143 g/mol. The molecular weight excluding hydrogens is 130 g/mol. The van der Waals surface area contributed by atoms with Crippen LogP contribution in [0.5, 0.6) is 0 Å². The minimum Gasteiger partial charge on any atom is -0.390 e. The fraction of sp³-hybridized carbons (Fsp3) is 0.857. The summed E-state index contributed by atoms with van der Waals surface area (Å²) in [7, 11) is 0. The molecule has 1 atom stereocenters. The second-order valence-corrected chi connectivity index (χ2v) is 2.42. The van der Waals surface area contributed by atoms with E-state index in [4.69, 9.17) is 9.57 Å². The van der Waals surface area contributed by atoms with Crippen molar-refractivity contribution in [1.29, 1.82) is 0 Å². The molecular formula is C7H13NO2. The third-order valence-electron chi connectivity index (χ3n) is 1.39. The molecule has 0 amide bonds. The van der Waals surface area contributed by atoms with Gasteiger partial charge in [-0.2, -0.15) is 0 Å². The average Bonchev–Trinajstić information content (AvgIpc) is 2.31. The van der Waals surface area contributed by atoms with Crippen LogP contribution in [0.15, 0.2) is 5.16 Å². The van der Waals surface area contributed by atoms with E-state index in [-0.39, 0.29) is 6.10 Å². The highest BCUT2D eigenvalue weighted by atomic mass is 16.7. The Balaban J connectivity index is 2.11. The zero-order valence-electron chi connectivity index (χ0n) is 6.46. The second-order valence-electron chi connectivity index (χ2n) is 2.42. The minimum atomic E-state index is 0.167. The Kier molecular flexibility index (Phi) is 2.68. The molecule has 0 saturated heterocycles. The minimum absolute atomic E-state index is 0.167. The lowest BCUT2D eigenvalue weighted by molar-refractivity contribution is 0.00672. The summed E-state index contributed by atoms with van der Waals surface area (Å²) in [5, 5.41) is 3.81. The predicted octanol–water partition coefficient (Wildman–Crippen LogP) is 1.19. The van der Waals surface area contributed by atoms with Crippen molar-refractivity contribution in [2.75, 3.05) is 13.2 Å². The molecule has 0 spiro atoms. The van der Waals surface area contributed by atoms with Crippen molar-refractivity contribution >= 4 is 5.71 Å². The molecule has 0 aromatic rings. The van der Waals surface area contributed by atoms with Gasteiger partial charge in [-0.25, -0.2) is 0 Å². The third-order valence-corrected chi connectivity index (χ3v) is 1.39. The summed E-state index contributed by atoms with van der Waals surface area (Å²) in [5.74, 6) is 0. The normalized spacial score (nSPS) is 24.2. The zero-order chi connectivity index (χ0) is 7.40. The molecule has 58 valence electrons. The van der Waals surface area contributed by atoms with Crippen molar-refractivity contribution in [1.82, 2.24) is 0 Å². The van der Waals surface area contributed by atoms with Gasteiger partial charge in [-0.05, 0) is 13.8 Å². The lowest BCUT2D eigenvalue weighted by atomic mass is 10.2. The van der Waals surface area contributed by atoms with Crippen molar-refractivity contribution in [2.24, 2.45) is 5.16 Å². The van der Waals surface area contributed by atoms with Gasteiger partial charge in [-0.1, -0.05) is 5.16 Å². The Bertz CT molecular complexity index is 134. The van der Waals surface area contributed by atoms with Crippen LogP contribution < -0.4 is 0 Å². The number of ether oxygens (including phenoxy) is 1. The summed E-state index contributed by atoms with van der Waals surface area (Å²) in [4.78, 5) is 5.03. The topological polar surface area (TPSA) is 30.8 Å². The van der Waals surface area contributed by atoms with Crippen LogP contribution in [0.3, 0.4) is 0 Å². The van der Waals surface area contributed by atoms with Crippen LogP contribution in [0, 0.1) is 0 Å². The van der Waals surface area contributed by atoms with Crippen LogP contribution in [-0.2, 0) is 9.57 Å². The highest BCUT2D eigenvalue weighted by Crippen LogP contribution is 2.09. The Hall–Kier alpha value is -0.570. The quantitative estimate of drug-likeness (QED) is 0.594. The molecule has 0 aliphatic carbocycles. The van der Waals surface area contributed by atoms with Crippen molar-refractivity contribution in [2.45, 2.75) is 26.4 Å². The first-order chi connectivity index (χ1) is 4.83. The highest BCUT2D eigenvalue weighted by molar-refractivity contribution is 5.82. The molecule has 0 saturated carbocycles. The van der Waals surface area contributed by atoms with E-state index >= 15 is 0 Å². The summed E-state index contributed by atoms with van der Waals surface area (Å²) < 4.78 is 5.17. The summed E-state index contributed by atoms with van der Waals surface area (Å²) in [6.45, 7) is 5.35. The first-order valence-electron chi connectivity index (χ1n) is 3.60. The molecule has 1 rings (SSSR count). The lowest BCUT2D eigenvalue weighted by Crippen LogP contribution is -2.15. The number of hydrogen-bond donors (Lipinski definition) is 0. The number of nitrogens with zero attached hydrogens (tertiary/aromatic N) is 1. The van der Waals surface area contributed by atoms with E-state index in [1.807, 2.05) is 13.8 Å². The van der Waals surface area contributed by atoms with E-state index < -0.39 is 0 Å². The number of rotatable bonds is 3. The fourth-order valence-corrected chi connectivity index (χ4v) is 0.907. The number of oxime groups is 1. The molecule has 3 heteroatoms. The SMILES string of the molecule is CCOCC1CC(C)=NO1. The molecule has 0 radical (unpaired) electrons. The van der Waals surface area contributed by atoms with E-state index in [2.05, 4.69) is 5.16 Å². The van der Waals surface area contributed by atoms with E-state index in [1.54, 1.807) is 0 Å². The molecule has 0 fully saturated rings. The molecule has 1 aliphatic heterocycles. The fourth-order valence-electron chi connectivity index (χ4n) is 0.907. The summed E-state index contributed by atoms with van der Waals surface area (Å²) in [6.07, 6.45) is 1.08. The first kappa shape index (κ1) is 7.54. The highest BCUT2D eigenvalue weighted by Gasteiger charge is 2.17. The van der Waals surface area contributed by atoms with Gasteiger partial charge in [0.2, 0.25) is 0 Å². The summed E-state index contributed by atoms with van der Waals surface area (Å²) in [6, 6.07) is 0. The second kappa shape index (κ2) is 3.56. The van der Waals surface area contributed by atoms with Gasteiger partial charge in [0.25, 0.3) is 0 Å². The Morgan fingerprint density at radius 1 is 1.80 bits per heavy atom. The molecule has 0 aromatic heterocycles. The van der Waals surface area contributed by atoms with Crippen LogP contribution in [0.1, 0.15) is 20.3 Å². The molecule has 0 bridgehead atoms. The van der Waals surface area contributed by atoms with E-state index in [9.17, 15) is 0 Å². The maximum Gasteiger partial charge on any atom is 0.156 e. The Morgan fingerprint density at radius 2 is 2.60 bits per heavy atom. The van der Waals surface area contributed by atoms with E-state index in [0.29, 0.717) is 6.61 Å². The smallest absolute Gasteiger partial charge is 0.156 e. The van der Waals surface area contributed by atoms with Gasteiger partial charge in [-0.3, -0.25) is 0 Å². The Morgan fingerprint density at radius 3 is 3.10 bits per heavy atom. The molecule has 3 nitrogen and oxygen atoms in total. The van der Waals surface area contributed by atoms with Gasteiger partial charge in [0.05, 0.1) is 12.3 Å². The first-order valence-corrected chi connectivity index (χ1v) is 3.60. The molecule has 1 aliphatic rings. The van der Waals surface area contributed by atoms with E-state index in [0.717, 1.165) is 18.7 Å². The Labute approximate surface area is 61.0 Å².